The van der Waals surface area contributed by atoms with Gasteiger partial charge in [-0.25, -0.2) is 0 Å². The molecule has 4 aromatic rings. The van der Waals surface area contributed by atoms with E-state index >= 15 is 0 Å². The van der Waals surface area contributed by atoms with Gasteiger partial charge in [-0.1, -0.05) is 0 Å². The molecule has 0 saturated carbocycles. The Morgan fingerprint density at radius 3 is 2.62 bits per heavy atom. The van der Waals surface area contributed by atoms with Crippen LogP contribution in [-0.2, 0) is 18.4 Å². The zero-order valence-electron chi connectivity index (χ0n) is 18.1. The van der Waals surface area contributed by atoms with E-state index in [-0.39, 0.29) is 22.4 Å². The molecule has 7 heteroatoms. The molecule has 5 rings (SSSR count). The minimum atomic E-state index is -0.475. The van der Waals surface area contributed by atoms with E-state index in [0.717, 1.165) is 32.3 Å². The van der Waals surface area contributed by atoms with Crippen molar-refractivity contribution in [2.45, 2.75) is 39.2 Å². The molecule has 0 bridgehead atoms. The number of hydrogen-bond acceptors (Lipinski definition) is 4. The average molecular weight is 540 g/mol. The van der Waals surface area contributed by atoms with Gasteiger partial charge in [-0.3, -0.25) is 0 Å². The molecular weight excluding hydrogens is 517 g/mol. The van der Waals surface area contributed by atoms with Gasteiger partial charge in [0.05, 0.1) is 0 Å². The Labute approximate surface area is 195 Å². The Bertz CT molecular complexity index is 1390. The summed E-state index contributed by atoms with van der Waals surface area (Å²) < 4.78 is 9.35. The topological polar surface area (TPSA) is 77.1 Å². The van der Waals surface area contributed by atoms with Gasteiger partial charge in [0.1, 0.15) is 0 Å². The molecule has 1 amide bonds. The molecule has 3 heterocycles. The zero-order valence-corrected chi connectivity index (χ0v) is 20.3. The maximum absolute atomic E-state index is 12.9. The quantitative estimate of drug-likeness (QED) is 0.396. The van der Waals surface area contributed by atoms with Gasteiger partial charge < -0.3 is 0 Å². The number of aryl methyl sites for hydroxylation is 2. The van der Waals surface area contributed by atoms with Crippen LogP contribution in [0.25, 0.3) is 10.9 Å². The molecule has 0 atom stereocenters. The monoisotopic (exact) mass is 540 g/mol. The number of hydrogen-bond donors (Lipinski definition) is 1. The summed E-state index contributed by atoms with van der Waals surface area (Å²) in [5.41, 5.74) is 2.64. The van der Waals surface area contributed by atoms with Crippen molar-refractivity contribution in [1.82, 2.24) is 9.72 Å². The maximum atomic E-state index is 12.9. The summed E-state index contributed by atoms with van der Waals surface area (Å²) >= 11 is -0.475. The molecule has 32 heavy (non-hydrogen) atoms. The van der Waals surface area contributed by atoms with Gasteiger partial charge in [-0.15, -0.1) is 0 Å². The fourth-order valence-corrected chi connectivity index (χ4v) is 5.88. The van der Waals surface area contributed by atoms with Crippen LogP contribution in [0.1, 0.15) is 42.5 Å². The molecule has 0 fully saturated rings. The van der Waals surface area contributed by atoms with Crippen LogP contribution in [0, 0.1) is 7.27 Å². The van der Waals surface area contributed by atoms with Gasteiger partial charge >= 0.3 is 196 Å². The van der Waals surface area contributed by atoms with Crippen molar-refractivity contribution in [3.05, 3.63) is 89.1 Å². The second-order valence-corrected chi connectivity index (χ2v) is 11.8. The molecule has 2 aromatic carbocycles. The van der Waals surface area contributed by atoms with Crippen molar-refractivity contribution >= 4 is 22.5 Å². The molecule has 1 aliphatic heterocycles. The van der Waals surface area contributed by atoms with Crippen molar-refractivity contribution in [1.29, 1.82) is 0 Å². The third-order valence-electron chi connectivity index (χ3n) is 5.57. The first-order valence-corrected chi connectivity index (χ1v) is 12.6. The first kappa shape index (κ1) is 20.9. The number of anilines is 1. The van der Waals surface area contributed by atoms with E-state index in [1.165, 1.54) is 3.57 Å². The van der Waals surface area contributed by atoms with Crippen LogP contribution in [0.2, 0.25) is 0 Å². The Hall–Kier alpha value is -2.94. The number of nitrogens with one attached hydrogen (secondary N) is 1. The van der Waals surface area contributed by atoms with Crippen LogP contribution in [0.5, 0.6) is 0 Å². The number of benzene rings is 2. The normalized spacial score (nSPS) is 13.1. The summed E-state index contributed by atoms with van der Waals surface area (Å²) in [6.45, 7) is 6.91. The number of carbonyl (C=O) groups is 1. The molecule has 2 aromatic heterocycles. The molecule has 0 aliphatic carbocycles. The van der Waals surface area contributed by atoms with Crippen molar-refractivity contribution in [2.75, 3.05) is 5.32 Å². The second-order valence-electron chi connectivity index (χ2n) is 8.94. The number of halogens is 1. The fourth-order valence-electron chi connectivity index (χ4n) is 3.89. The molecule has 1 N–H and O–H groups in total. The van der Waals surface area contributed by atoms with Crippen molar-refractivity contribution < 1.29 is 30.5 Å². The van der Waals surface area contributed by atoms with Gasteiger partial charge in [-0.2, -0.15) is 0 Å². The van der Waals surface area contributed by atoms with Gasteiger partial charge in [0, 0.05) is 0 Å². The predicted octanol–water partition coefficient (Wildman–Crippen LogP) is 1.22. The average Bonchev–Trinajstić information content (AvgIpc) is 3.40. The van der Waals surface area contributed by atoms with Crippen LogP contribution < -0.4 is 32.1 Å². The van der Waals surface area contributed by atoms with Crippen molar-refractivity contribution in [2.24, 2.45) is 0 Å². The van der Waals surface area contributed by atoms with E-state index in [4.69, 9.17) is 4.52 Å². The van der Waals surface area contributed by atoms with Crippen LogP contribution >= 0.6 is 0 Å². The third kappa shape index (κ3) is 3.85. The Balaban J connectivity index is 1.33. The molecule has 6 nitrogen and oxygen atoms in total. The molecule has 164 valence electrons. The Morgan fingerprint density at radius 2 is 1.91 bits per heavy atom. The molecule has 1 aliphatic rings. The summed E-state index contributed by atoms with van der Waals surface area (Å²) in [5, 5.41) is 8.01. The van der Waals surface area contributed by atoms with Gasteiger partial charge in [0.2, 0.25) is 0 Å². The summed E-state index contributed by atoms with van der Waals surface area (Å²) in [6, 6.07) is 17.4. The van der Waals surface area contributed by atoms with Crippen molar-refractivity contribution in [3.63, 3.8) is 0 Å². The molecule has 0 unspecified atom stereocenters. The van der Waals surface area contributed by atoms with Crippen LogP contribution in [-0.4, -0.2) is 15.6 Å². The molecule has 0 saturated heterocycles. The number of rotatable bonds is 4. The van der Waals surface area contributed by atoms with E-state index in [1.54, 1.807) is 10.6 Å². The third-order valence-corrected chi connectivity index (χ3v) is 7.98. The molecule has 0 radical (unpaired) electrons. The second kappa shape index (κ2) is 7.88. The first-order valence-electron chi connectivity index (χ1n) is 10.5. The fraction of sp³-hybridized carbons (Fsp3) is 0.240. The van der Waals surface area contributed by atoms with E-state index in [1.807, 2.05) is 48.5 Å². The summed E-state index contributed by atoms with van der Waals surface area (Å²) in [4.78, 5) is 25.8. The van der Waals surface area contributed by atoms with Crippen LogP contribution in [0.3, 0.4) is 0 Å². The van der Waals surface area contributed by atoms with Gasteiger partial charge in [0.25, 0.3) is 0 Å². The Morgan fingerprint density at radius 1 is 1.12 bits per heavy atom. The van der Waals surface area contributed by atoms with Crippen LogP contribution in [0.4, 0.5) is 5.69 Å². The van der Waals surface area contributed by atoms with E-state index in [2.05, 4.69) is 31.2 Å². The van der Waals surface area contributed by atoms with Crippen LogP contribution in [0.15, 0.2) is 63.9 Å². The zero-order chi connectivity index (χ0) is 22.5. The Kier molecular flexibility index (Phi) is 5.16. The summed E-state index contributed by atoms with van der Waals surface area (Å²) in [6.07, 6.45) is 0.824. The predicted molar refractivity (Wildman–Crippen MR) is 119 cm³/mol. The number of pyridine rings is 1. The van der Waals surface area contributed by atoms with E-state index in [9.17, 15) is 9.59 Å². The number of carbonyl (C=O) groups excluding carboxylic acids is 1. The van der Waals surface area contributed by atoms with E-state index in [0.29, 0.717) is 12.2 Å². The number of nitrogens with zero attached hydrogens (tertiary/aromatic N) is 2. The first-order chi connectivity index (χ1) is 15.3. The van der Waals surface area contributed by atoms with Crippen molar-refractivity contribution in [3.8, 4) is 0 Å². The van der Waals surface area contributed by atoms with Gasteiger partial charge in [-0.05, 0) is 0 Å². The minimum absolute atomic E-state index is 0.0640. The SMILES string of the molecule is CC(C)(C)c1cc([I-]c2ccc(NC(=O)c3cc4cccc5c4n(c3=O)CC5)cc2)no1. The molecular formula is C25H23IN3O3-. The van der Waals surface area contributed by atoms with E-state index < -0.39 is 21.2 Å². The number of aromatic nitrogens is 2. The summed E-state index contributed by atoms with van der Waals surface area (Å²) in [5.74, 6) is 0.500. The number of amides is 1. The summed E-state index contributed by atoms with van der Waals surface area (Å²) in [7, 11) is 0. The standard InChI is InChI=1S/C25H23IN3O3/c1-25(2,3)20-14-21(28-32-20)26-17-7-9-18(10-8-17)27-23(30)19-13-16-6-4-5-15-11-12-29(22(15)16)24(19)31/h4-10,13-14H,11-12H2,1-3H3,(H,27,30)/q-1. The van der Waals surface area contributed by atoms with Gasteiger partial charge in [0.15, 0.2) is 0 Å². The number of para-hydroxylation sites is 1. The molecule has 0 spiro atoms.